The number of anilines is 1. The molecule has 0 bridgehead atoms. The summed E-state index contributed by atoms with van der Waals surface area (Å²) in [4.78, 5) is 13.2. The first-order chi connectivity index (χ1) is 13.5. The van der Waals surface area contributed by atoms with Crippen molar-refractivity contribution in [2.75, 3.05) is 12.6 Å². The lowest BCUT2D eigenvalue weighted by Crippen LogP contribution is -2.34. The van der Waals surface area contributed by atoms with Gasteiger partial charge in [-0.15, -0.1) is 0 Å². The van der Waals surface area contributed by atoms with E-state index in [1.165, 1.54) is 13.4 Å². The van der Waals surface area contributed by atoms with Crippen molar-refractivity contribution < 1.29 is 24.9 Å². The topological polar surface area (TPSA) is 122 Å². The van der Waals surface area contributed by atoms with Gasteiger partial charge < -0.3 is 24.6 Å². The Bertz CT molecular complexity index is 966. The molecule has 1 aliphatic rings. The molecule has 4 N–H and O–H groups in total. The van der Waals surface area contributed by atoms with E-state index in [4.69, 9.17) is 21.2 Å². The largest absolute Gasteiger partial charge is 0.387 e. The van der Waals surface area contributed by atoms with Crippen molar-refractivity contribution in [1.82, 2.24) is 14.5 Å². The maximum Gasteiger partial charge on any atom is 0.164 e. The number of ether oxygens (including phenoxy) is 1. The first kappa shape index (κ1) is 19.1. The van der Waals surface area contributed by atoms with Gasteiger partial charge in [0.1, 0.15) is 36.4 Å². The van der Waals surface area contributed by atoms with E-state index in [0.717, 1.165) is 0 Å². The monoisotopic (exact) mass is 406 g/mol. The summed E-state index contributed by atoms with van der Waals surface area (Å²) in [5.74, 6) is 0.456. The van der Waals surface area contributed by atoms with Crippen LogP contribution in [0.4, 0.5) is 5.82 Å². The molecule has 0 radical (unpaired) electrons. The molecule has 1 unspecified atom stereocenters. The van der Waals surface area contributed by atoms with Crippen LogP contribution in [0.5, 0.6) is 0 Å². The molecule has 0 saturated carbocycles. The minimum atomic E-state index is -1.30. The summed E-state index contributed by atoms with van der Waals surface area (Å²) in [7, 11) is 1.47. The molecule has 2 aromatic heterocycles. The number of hydrogen-bond acceptors (Lipinski definition) is 8. The number of benzene rings is 1. The molecular weight excluding hydrogens is 388 g/mol. The van der Waals surface area contributed by atoms with Gasteiger partial charge in [0.05, 0.1) is 12.5 Å². The Morgan fingerprint density at radius 1 is 1.18 bits per heavy atom. The van der Waals surface area contributed by atoms with E-state index in [-0.39, 0.29) is 0 Å². The van der Waals surface area contributed by atoms with E-state index in [2.05, 4.69) is 15.4 Å². The molecule has 4 rings (SSSR count). The lowest BCUT2D eigenvalue weighted by molar-refractivity contribution is -0.0848. The highest BCUT2D eigenvalue weighted by atomic mass is 35.5. The number of aliphatic hydroxyl groups excluding tert-OH is 3. The normalized spacial score (nSPS) is 25.9. The van der Waals surface area contributed by atoms with Gasteiger partial charge >= 0.3 is 0 Å². The van der Waals surface area contributed by atoms with Crippen LogP contribution in [0.2, 0.25) is 5.02 Å². The van der Waals surface area contributed by atoms with Gasteiger partial charge in [0, 0.05) is 11.2 Å². The number of hydrogen-bond donors (Lipinski definition) is 4. The van der Waals surface area contributed by atoms with Gasteiger partial charge in [-0.1, -0.05) is 23.7 Å². The zero-order valence-corrected chi connectivity index (χ0v) is 15.6. The number of rotatable bonds is 5. The van der Waals surface area contributed by atoms with E-state index in [1.807, 2.05) is 0 Å². The Balaban J connectivity index is 1.64. The molecule has 0 spiro atoms. The lowest BCUT2D eigenvalue weighted by atomic mass is 9.99. The van der Waals surface area contributed by atoms with Gasteiger partial charge in [-0.25, -0.2) is 15.4 Å². The Morgan fingerprint density at radius 2 is 1.93 bits per heavy atom. The van der Waals surface area contributed by atoms with Crippen LogP contribution in [0, 0.1) is 0 Å². The van der Waals surface area contributed by atoms with Crippen LogP contribution in [-0.2, 0) is 9.57 Å². The van der Waals surface area contributed by atoms with Gasteiger partial charge in [0.15, 0.2) is 12.0 Å². The molecule has 1 saturated heterocycles. The molecule has 148 valence electrons. The zero-order chi connectivity index (χ0) is 19.8. The fraction of sp³-hybridized carbons (Fsp3) is 0.333. The second kappa shape index (κ2) is 7.63. The highest BCUT2D eigenvalue weighted by molar-refractivity contribution is 6.30. The van der Waals surface area contributed by atoms with Crippen LogP contribution in [0.3, 0.4) is 0 Å². The summed E-state index contributed by atoms with van der Waals surface area (Å²) in [5.41, 5.74) is 3.66. The third-order valence-electron chi connectivity index (χ3n) is 4.78. The molecule has 1 fully saturated rings. The Labute approximate surface area is 165 Å². The fourth-order valence-electron chi connectivity index (χ4n) is 3.38. The van der Waals surface area contributed by atoms with Gasteiger partial charge in [-0.3, -0.25) is 4.84 Å². The molecule has 28 heavy (non-hydrogen) atoms. The molecular formula is C18H19ClN4O5. The summed E-state index contributed by atoms with van der Waals surface area (Å²) in [6.07, 6.45) is -2.67. The summed E-state index contributed by atoms with van der Waals surface area (Å²) < 4.78 is 7.44. The summed E-state index contributed by atoms with van der Waals surface area (Å²) in [5, 5.41) is 32.9. The SMILES string of the molecule is CONc1ncnc2c1ccn2[C@@H]1O[C@H](C(O)c2ccc(Cl)cc2)[C@@H](O)[C@H]1O. The van der Waals surface area contributed by atoms with Crippen LogP contribution in [0.1, 0.15) is 17.9 Å². The van der Waals surface area contributed by atoms with Crippen molar-refractivity contribution in [3.8, 4) is 0 Å². The molecule has 9 nitrogen and oxygen atoms in total. The van der Waals surface area contributed by atoms with Gasteiger partial charge in [-0.2, -0.15) is 0 Å². The van der Waals surface area contributed by atoms with Crippen molar-refractivity contribution in [3.05, 3.63) is 53.4 Å². The maximum atomic E-state index is 10.6. The number of fused-ring (bicyclic) bond motifs is 1. The average molecular weight is 407 g/mol. The highest BCUT2D eigenvalue weighted by Crippen LogP contribution is 2.38. The standard InChI is InChI=1S/C18H19ClN4O5/c1-27-22-16-11-6-7-23(17(11)21-8-20-16)18-14(26)13(25)15(28-18)12(24)9-2-4-10(19)5-3-9/h2-8,12-15,18,24-26H,1H3,(H,20,21,22)/t12?,13-,14+,15+,18+/m0/s1. The van der Waals surface area contributed by atoms with E-state index < -0.39 is 30.6 Å². The predicted molar refractivity (Wildman–Crippen MR) is 100 cm³/mol. The number of halogens is 1. The van der Waals surface area contributed by atoms with Crippen LogP contribution >= 0.6 is 11.6 Å². The average Bonchev–Trinajstić information content (AvgIpc) is 3.25. The van der Waals surface area contributed by atoms with Crippen LogP contribution in [0.25, 0.3) is 11.0 Å². The van der Waals surface area contributed by atoms with Gasteiger partial charge in [0.25, 0.3) is 0 Å². The minimum Gasteiger partial charge on any atom is -0.387 e. The molecule has 10 heteroatoms. The number of aliphatic hydroxyl groups is 3. The van der Waals surface area contributed by atoms with Crippen molar-refractivity contribution in [3.63, 3.8) is 0 Å². The molecule has 0 aliphatic carbocycles. The van der Waals surface area contributed by atoms with Crippen molar-refractivity contribution in [1.29, 1.82) is 0 Å². The second-order valence-electron chi connectivity index (χ2n) is 6.46. The van der Waals surface area contributed by atoms with Crippen molar-refractivity contribution in [2.45, 2.75) is 30.6 Å². The quantitative estimate of drug-likeness (QED) is 0.469. The molecule has 3 aromatic rings. The van der Waals surface area contributed by atoms with Crippen molar-refractivity contribution in [2.24, 2.45) is 0 Å². The third kappa shape index (κ3) is 3.22. The van der Waals surface area contributed by atoms with Crippen LogP contribution < -0.4 is 5.48 Å². The van der Waals surface area contributed by atoms with Gasteiger partial charge in [-0.05, 0) is 23.8 Å². The van der Waals surface area contributed by atoms with E-state index in [0.29, 0.717) is 27.4 Å². The molecule has 0 amide bonds. The first-order valence-corrected chi connectivity index (χ1v) is 8.94. The van der Waals surface area contributed by atoms with Crippen LogP contribution in [0.15, 0.2) is 42.9 Å². The first-order valence-electron chi connectivity index (χ1n) is 8.57. The van der Waals surface area contributed by atoms with E-state index >= 15 is 0 Å². The summed E-state index contributed by atoms with van der Waals surface area (Å²) in [6.45, 7) is 0. The predicted octanol–water partition coefficient (Wildman–Crippen LogP) is 1.41. The smallest absolute Gasteiger partial charge is 0.164 e. The van der Waals surface area contributed by atoms with E-state index in [9.17, 15) is 15.3 Å². The Kier molecular flexibility index (Phi) is 5.19. The molecule has 3 heterocycles. The molecule has 1 aliphatic heterocycles. The molecule has 5 atom stereocenters. The Hall–Kier alpha value is -2.27. The molecule has 1 aromatic carbocycles. The summed E-state index contributed by atoms with van der Waals surface area (Å²) >= 11 is 5.88. The van der Waals surface area contributed by atoms with Crippen LogP contribution in [-0.4, -0.2) is 55.3 Å². The Morgan fingerprint density at radius 3 is 2.64 bits per heavy atom. The van der Waals surface area contributed by atoms with E-state index in [1.54, 1.807) is 41.1 Å². The highest BCUT2D eigenvalue weighted by Gasteiger charge is 2.47. The number of nitrogens with one attached hydrogen (secondary N) is 1. The second-order valence-corrected chi connectivity index (χ2v) is 6.89. The lowest BCUT2D eigenvalue weighted by Gasteiger charge is -2.21. The zero-order valence-electron chi connectivity index (χ0n) is 14.8. The minimum absolute atomic E-state index is 0.456. The number of nitrogens with zero attached hydrogens (tertiary/aromatic N) is 3. The van der Waals surface area contributed by atoms with Crippen molar-refractivity contribution >= 4 is 28.5 Å². The third-order valence-corrected chi connectivity index (χ3v) is 5.03. The maximum absolute atomic E-state index is 10.6. The fourth-order valence-corrected chi connectivity index (χ4v) is 3.51. The number of aromatic nitrogens is 3. The van der Waals surface area contributed by atoms with Gasteiger partial charge in [0.2, 0.25) is 0 Å². The summed E-state index contributed by atoms with van der Waals surface area (Å²) in [6, 6.07) is 8.29.